The number of halogens is 1. The first kappa shape index (κ1) is 13.8. The van der Waals surface area contributed by atoms with Crippen molar-refractivity contribution in [3.8, 4) is 0 Å². The van der Waals surface area contributed by atoms with Crippen LogP contribution < -0.4 is 10.4 Å². The van der Waals surface area contributed by atoms with Gasteiger partial charge in [0.1, 0.15) is 0 Å². The van der Waals surface area contributed by atoms with E-state index in [-0.39, 0.29) is 0 Å². The van der Waals surface area contributed by atoms with Gasteiger partial charge in [-0.25, -0.2) is 0 Å². The van der Waals surface area contributed by atoms with E-state index < -0.39 is 9.04 Å². The molecule has 0 amide bonds. The third-order valence-electron chi connectivity index (χ3n) is 2.60. The lowest BCUT2D eigenvalue weighted by molar-refractivity contribution is 0.335. The minimum atomic E-state index is -1.08. The van der Waals surface area contributed by atoms with E-state index in [0.29, 0.717) is 0 Å². The SMILES string of the molecule is ICCCO[Si](c1ccccc1)c1ccccc1. The van der Waals surface area contributed by atoms with Crippen LogP contribution in [0.5, 0.6) is 0 Å². The largest absolute Gasteiger partial charge is 0.407 e. The molecule has 0 aliphatic carbocycles. The molecule has 18 heavy (non-hydrogen) atoms. The zero-order valence-corrected chi connectivity index (χ0v) is 13.3. The van der Waals surface area contributed by atoms with Gasteiger partial charge in [-0.1, -0.05) is 83.3 Å². The van der Waals surface area contributed by atoms with Crippen LogP contribution in [-0.2, 0) is 4.43 Å². The first-order valence-corrected chi connectivity index (χ1v) is 9.02. The average Bonchev–Trinajstić information content (AvgIpc) is 2.46. The highest BCUT2D eigenvalue weighted by atomic mass is 127. The molecule has 93 valence electrons. The molecule has 0 fully saturated rings. The van der Waals surface area contributed by atoms with Gasteiger partial charge in [0.05, 0.1) is 0 Å². The normalized spacial score (nSPS) is 10.8. The second-order valence-corrected chi connectivity index (χ2v) is 7.13. The smallest absolute Gasteiger partial charge is 0.282 e. The Kier molecular flexibility index (Phi) is 5.90. The molecule has 2 aromatic rings. The minimum absolute atomic E-state index is 0.848. The molecule has 0 aromatic heterocycles. The second kappa shape index (κ2) is 7.71. The number of hydrogen-bond acceptors (Lipinski definition) is 1. The number of hydrogen-bond donors (Lipinski definition) is 0. The third kappa shape index (κ3) is 3.93. The summed E-state index contributed by atoms with van der Waals surface area (Å²) in [4.78, 5) is 0. The van der Waals surface area contributed by atoms with E-state index in [1.807, 2.05) is 0 Å². The van der Waals surface area contributed by atoms with Gasteiger partial charge >= 0.3 is 0 Å². The number of rotatable bonds is 6. The molecule has 3 heteroatoms. The summed E-state index contributed by atoms with van der Waals surface area (Å²) in [5, 5.41) is 2.64. The lowest BCUT2D eigenvalue weighted by Gasteiger charge is -2.15. The van der Waals surface area contributed by atoms with Crippen molar-refractivity contribution >= 4 is 42.0 Å². The van der Waals surface area contributed by atoms with Crippen molar-refractivity contribution in [3.05, 3.63) is 60.7 Å². The standard InChI is InChI=1S/C15H16IOSi/c16-12-7-13-17-18(14-8-3-1-4-9-14)15-10-5-2-6-11-15/h1-6,8-11H,7,12-13H2. The van der Waals surface area contributed by atoms with Crippen LogP contribution in [0.4, 0.5) is 0 Å². The van der Waals surface area contributed by atoms with Crippen LogP contribution in [0.3, 0.4) is 0 Å². The van der Waals surface area contributed by atoms with Gasteiger partial charge in [-0.2, -0.15) is 0 Å². The molecule has 0 N–H and O–H groups in total. The van der Waals surface area contributed by atoms with Crippen LogP contribution >= 0.6 is 22.6 Å². The lowest BCUT2D eigenvalue weighted by atomic mass is 10.4. The molecule has 0 saturated heterocycles. The summed E-state index contributed by atoms with van der Waals surface area (Å²) in [6, 6.07) is 21.1. The highest BCUT2D eigenvalue weighted by Crippen LogP contribution is 1.97. The van der Waals surface area contributed by atoms with Gasteiger partial charge in [-0.15, -0.1) is 0 Å². The van der Waals surface area contributed by atoms with E-state index in [9.17, 15) is 0 Å². The van der Waals surface area contributed by atoms with Gasteiger partial charge in [0, 0.05) is 11.0 Å². The van der Waals surface area contributed by atoms with Gasteiger partial charge in [0.2, 0.25) is 0 Å². The molecule has 1 radical (unpaired) electrons. The fourth-order valence-corrected chi connectivity index (χ4v) is 4.06. The Morgan fingerprint density at radius 3 is 1.78 bits per heavy atom. The fraction of sp³-hybridized carbons (Fsp3) is 0.200. The molecule has 2 rings (SSSR count). The first-order chi connectivity index (χ1) is 8.92. The molecule has 0 aliphatic heterocycles. The Labute approximate surface area is 124 Å². The highest BCUT2D eigenvalue weighted by molar-refractivity contribution is 14.1. The second-order valence-electron chi connectivity index (χ2n) is 3.95. The van der Waals surface area contributed by atoms with Crippen molar-refractivity contribution in [1.29, 1.82) is 0 Å². The Balaban J connectivity index is 2.18. The summed E-state index contributed by atoms with van der Waals surface area (Å²) in [6.45, 7) is 0.848. The third-order valence-corrected chi connectivity index (χ3v) is 5.57. The van der Waals surface area contributed by atoms with Gasteiger partial charge in [-0.05, 0) is 16.8 Å². The average molecular weight is 367 g/mol. The molecule has 0 saturated carbocycles. The lowest BCUT2D eigenvalue weighted by Crippen LogP contribution is -2.45. The summed E-state index contributed by atoms with van der Waals surface area (Å²) < 4.78 is 7.30. The minimum Gasteiger partial charge on any atom is -0.407 e. The van der Waals surface area contributed by atoms with Crippen LogP contribution in [0.1, 0.15) is 6.42 Å². The maximum Gasteiger partial charge on any atom is 0.282 e. The first-order valence-electron chi connectivity index (χ1n) is 6.08. The maximum absolute atomic E-state index is 6.15. The van der Waals surface area contributed by atoms with E-state index in [4.69, 9.17) is 4.43 Å². The van der Waals surface area contributed by atoms with Gasteiger partial charge in [0.15, 0.2) is 0 Å². The Bertz CT molecular complexity index is 407. The number of alkyl halides is 1. The topological polar surface area (TPSA) is 9.23 Å². The summed E-state index contributed by atoms with van der Waals surface area (Å²) in [6.07, 6.45) is 1.12. The van der Waals surface area contributed by atoms with Crippen molar-refractivity contribution < 1.29 is 4.43 Å². The van der Waals surface area contributed by atoms with Crippen LogP contribution in [-0.4, -0.2) is 20.1 Å². The van der Waals surface area contributed by atoms with Crippen molar-refractivity contribution in [1.82, 2.24) is 0 Å². The molecular formula is C15H16IOSi. The van der Waals surface area contributed by atoms with Crippen molar-refractivity contribution in [2.75, 3.05) is 11.0 Å². The highest BCUT2D eigenvalue weighted by Gasteiger charge is 2.18. The van der Waals surface area contributed by atoms with Crippen molar-refractivity contribution in [2.24, 2.45) is 0 Å². The zero-order chi connectivity index (χ0) is 12.6. The van der Waals surface area contributed by atoms with E-state index in [1.54, 1.807) is 0 Å². The van der Waals surface area contributed by atoms with Crippen LogP contribution in [0.25, 0.3) is 0 Å². The quantitative estimate of drug-likeness (QED) is 0.330. The van der Waals surface area contributed by atoms with Crippen LogP contribution in [0.15, 0.2) is 60.7 Å². The summed E-state index contributed by atoms with van der Waals surface area (Å²) in [5.74, 6) is 0. The monoisotopic (exact) mass is 367 g/mol. The predicted octanol–water partition coefficient (Wildman–Crippen LogP) is 2.63. The van der Waals surface area contributed by atoms with Crippen LogP contribution in [0, 0.1) is 0 Å². The van der Waals surface area contributed by atoms with E-state index >= 15 is 0 Å². The zero-order valence-electron chi connectivity index (χ0n) is 10.2. The Hall–Kier alpha value is -0.653. The Morgan fingerprint density at radius 2 is 1.33 bits per heavy atom. The van der Waals surface area contributed by atoms with E-state index in [0.717, 1.165) is 17.5 Å². The maximum atomic E-state index is 6.15. The van der Waals surface area contributed by atoms with Crippen molar-refractivity contribution in [2.45, 2.75) is 6.42 Å². The molecule has 0 unspecified atom stereocenters. The molecule has 1 nitrogen and oxygen atoms in total. The van der Waals surface area contributed by atoms with Crippen LogP contribution in [0.2, 0.25) is 0 Å². The Morgan fingerprint density at radius 1 is 0.833 bits per heavy atom. The van der Waals surface area contributed by atoms with Crippen molar-refractivity contribution in [3.63, 3.8) is 0 Å². The summed E-state index contributed by atoms with van der Waals surface area (Å²) in [7, 11) is -1.08. The van der Waals surface area contributed by atoms with E-state index in [1.165, 1.54) is 10.4 Å². The van der Waals surface area contributed by atoms with Gasteiger partial charge in [-0.3, -0.25) is 0 Å². The predicted molar refractivity (Wildman–Crippen MR) is 87.4 cm³/mol. The van der Waals surface area contributed by atoms with Gasteiger partial charge < -0.3 is 4.43 Å². The molecule has 0 bridgehead atoms. The molecule has 0 spiro atoms. The fourth-order valence-electron chi connectivity index (χ4n) is 1.74. The van der Waals surface area contributed by atoms with E-state index in [2.05, 4.69) is 83.3 Å². The van der Waals surface area contributed by atoms with Gasteiger partial charge in [0.25, 0.3) is 9.04 Å². The molecule has 2 aromatic carbocycles. The molecular weight excluding hydrogens is 351 g/mol. The summed E-state index contributed by atoms with van der Waals surface area (Å²) >= 11 is 2.39. The number of benzene rings is 2. The molecule has 0 aliphatic rings. The molecule has 0 atom stereocenters. The molecule has 0 heterocycles. The summed E-state index contributed by atoms with van der Waals surface area (Å²) in [5.41, 5.74) is 0.